The molecule has 2 fully saturated rings. The molecule has 0 aromatic heterocycles. The second kappa shape index (κ2) is 6.39. The Morgan fingerprint density at radius 3 is 2.05 bits per heavy atom. The summed E-state index contributed by atoms with van der Waals surface area (Å²) in [6, 6.07) is 0.323. The van der Waals surface area contributed by atoms with Crippen LogP contribution in [0.25, 0.3) is 0 Å². The molecule has 0 saturated heterocycles. The molecule has 4 nitrogen and oxygen atoms in total. The Bertz CT molecular complexity index is 463. The van der Waals surface area contributed by atoms with Crippen molar-refractivity contribution in [2.75, 3.05) is 0 Å². The lowest BCUT2D eigenvalue weighted by Crippen LogP contribution is -2.44. The van der Waals surface area contributed by atoms with Crippen LogP contribution in [0.4, 0.5) is 0 Å². The first-order chi connectivity index (χ1) is 10.2. The molecule has 1 aliphatic heterocycles. The van der Waals surface area contributed by atoms with Crippen molar-refractivity contribution in [3.8, 4) is 0 Å². The van der Waals surface area contributed by atoms with Crippen LogP contribution in [-0.4, -0.2) is 28.8 Å². The molecule has 0 radical (unpaired) electrons. The Balaban J connectivity index is 1.71. The van der Waals surface area contributed by atoms with Crippen molar-refractivity contribution in [2.45, 2.75) is 76.3 Å². The summed E-state index contributed by atoms with van der Waals surface area (Å²) in [5, 5.41) is 3.35. The van der Waals surface area contributed by atoms with Gasteiger partial charge in [-0.15, -0.1) is 0 Å². The predicted molar refractivity (Wildman–Crippen MR) is 81.6 cm³/mol. The molecule has 5 heteroatoms. The van der Waals surface area contributed by atoms with Gasteiger partial charge in [0.15, 0.2) is 0 Å². The fourth-order valence-corrected chi connectivity index (χ4v) is 3.99. The smallest absolute Gasteiger partial charge is 0.278 e. The van der Waals surface area contributed by atoms with Crippen LogP contribution in [0.2, 0.25) is 0 Å². The highest BCUT2D eigenvalue weighted by Gasteiger charge is 2.42. The molecule has 0 atom stereocenters. The molecule has 0 aromatic rings. The van der Waals surface area contributed by atoms with Gasteiger partial charge in [-0.1, -0.05) is 50.1 Å². The molecular formula is C16H23ClN2O2. The molecular weight excluding hydrogens is 288 g/mol. The van der Waals surface area contributed by atoms with Gasteiger partial charge in [0, 0.05) is 12.1 Å². The zero-order valence-corrected chi connectivity index (χ0v) is 13.1. The summed E-state index contributed by atoms with van der Waals surface area (Å²) < 4.78 is 0. The van der Waals surface area contributed by atoms with Crippen LogP contribution in [-0.2, 0) is 9.59 Å². The van der Waals surface area contributed by atoms with E-state index in [9.17, 15) is 9.59 Å². The fourth-order valence-electron chi connectivity index (χ4n) is 3.77. The van der Waals surface area contributed by atoms with Gasteiger partial charge >= 0.3 is 0 Å². The van der Waals surface area contributed by atoms with E-state index >= 15 is 0 Å². The highest BCUT2D eigenvalue weighted by molar-refractivity contribution is 6.47. The number of carbonyl (C=O) groups excluding carboxylic acids is 2. The second-order valence-electron chi connectivity index (χ2n) is 6.44. The maximum absolute atomic E-state index is 12.6. The topological polar surface area (TPSA) is 49.4 Å². The quantitative estimate of drug-likeness (QED) is 0.815. The van der Waals surface area contributed by atoms with E-state index in [1.807, 2.05) is 0 Å². The molecule has 1 N–H and O–H groups in total. The lowest BCUT2D eigenvalue weighted by molar-refractivity contribution is -0.141. The molecule has 116 valence electrons. The molecule has 0 spiro atoms. The summed E-state index contributed by atoms with van der Waals surface area (Å²) in [6.07, 6.45) is 10.9. The van der Waals surface area contributed by atoms with Crippen molar-refractivity contribution in [1.29, 1.82) is 0 Å². The number of hydrogen-bond acceptors (Lipinski definition) is 3. The van der Waals surface area contributed by atoms with Crippen LogP contribution in [0.5, 0.6) is 0 Å². The van der Waals surface area contributed by atoms with E-state index in [0.717, 1.165) is 38.5 Å². The Morgan fingerprint density at radius 1 is 0.857 bits per heavy atom. The van der Waals surface area contributed by atoms with Gasteiger partial charge < -0.3 is 5.32 Å². The van der Waals surface area contributed by atoms with Crippen molar-refractivity contribution < 1.29 is 9.59 Å². The lowest BCUT2D eigenvalue weighted by atomic mass is 9.94. The van der Waals surface area contributed by atoms with E-state index < -0.39 is 0 Å². The standard InChI is InChI=1S/C16H23ClN2O2/c17-13-14(18-11-7-3-1-4-8-11)16(21)19(15(13)20)12-9-5-2-6-10-12/h11-12,18H,1-10H2. The minimum Gasteiger partial charge on any atom is -0.376 e. The molecule has 21 heavy (non-hydrogen) atoms. The molecule has 0 unspecified atom stereocenters. The van der Waals surface area contributed by atoms with Gasteiger partial charge in [-0.2, -0.15) is 0 Å². The first-order valence-electron chi connectivity index (χ1n) is 8.22. The number of carbonyl (C=O) groups is 2. The van der Waals surface area contributed by atoms with Crippen LogP contribution < -0.4 is 5.32 Å². The van der Waals surface area contributed by atoms with Gasteiger partial charge in [0.1, 0.15) is 10.7 Å². The Hall–Kier alpha value is -1.03. The van der Waals surface area contributed by atoms with Crippen LogP contribution in [0, 0.1) is 0 Å². The average Bonchev–Trinajstić information content (AvgIpc) is 2.73. The van der Waals surface area contributed by atoms with Gasteiger partial charge in [0.25, 0.3) is 11.8 Å². The number of imide groups is 1. The zero-order valence-electron chi connectivity index (χ0n) is 12.4. The van der Waals surface area contributed by atoms with Crippen molar-refractivity contribution in [3.05, 3.63) is 10.7 Å². The van der Waals surface area contributed by atoms with Gasteiger partial charge in [-0.25, -0.2) is 0 Å². The SMILES string of the molecule is O=C1C(Cl)=C(NC2CCCCC2)C(=O)N1C1CCCCC1. The third-order valence-corrected chi connectivity index (χ3v) is 5.30. The Morgan fingerprint density at radius 2 is 1.43 bits per heavy atom. The number of rotatable bonds is 3. The predicted octanol–water partition coefficient (Wildman–Crippen LogP) is 3.06. The van der Waals surface area contributed by atoms with E-state index in [0.29, 0.717) is 5.70 Å². The van der Waals surface area contributed by atoms with E-state index in [4.69, 9.17) is 11.6 Å². The molecule has 1 heterocycles. The summed E-state index contributed by atoms with van der Waals surface area (Å²) >= 11 is 6.16. The van der Waals surface area contributed by atoms with E-state index in [2.05, 4.69) is 5.32 Å². The first kappa shape index (κ1) is 14.9. The van der Waals surface area contributed by atoms with E-state index in [-0.39, 0.29) is 28.9 Å². The van der Waals surface area contributed by atoms with Gasteiger partial charge in [-0.3, -0.25) is 14.5 Å². The Labute approximate surface area is 130 Å². The lowest BCUT2D eigenvalue weighted by Gasteiger charge is -2.30. The zero-order chi connectivity index (χ0) is 14.8. The van der Waals surface area contributed by atoms with Gasteiger partial charge in [-0.05, 0) is 25.7 Å². The highest BCUT2D eigenvalue weighted by atomic mass is 35.5. The minimum absolute atomic E-state index is 0.0400. The third-order valence-electron chi connectivity index (χ3n) is 4.95. The molecule has 0 aromatic carbocycles. The van der Waals surface area contributed by atoms with Crippen molar-refractivity contribution in [1.82, 2.24) is 10.2 Å². The number of nitrogens with zero attached hydrogens (tertiary/aromatic N) is 1. The average molecular weight is 311 g/mol. The number of nitrogens with one attached hydrogen (secondary N) is 1. The maximum Gasteiger partial charge on any atom is 0.278 e. The molecule has 3 aliphatic rings. The monoisotopic (exact) mass is 310 g/mol. The minimum atomic E-state index is -0.299. The fraction of sp³-hybridized carbons (Fsp3) is 0.750. The molecule has 2 aliphatic carbocycles. The third kappa shape index (κ3) is 2.96. The summed E-state index contributed by atoms with van der Waals surface area (Å²) in [5.74, 6) is -0.505. The van der Waals surface area contributed by atoms with Crippen LogP contribution in [0.15, 0.2) is 10.7 Å². The van der Waals surface area contributed by atoms with Gasteiger partial charge in [0.2, 0.25) is 0 Å². The summed E-state index contributed by atoms with van der Waals surface area (Å²) in [7, 11) is 0. The molecule has 2 amide bonds. The van der Waals surface area contributed by atoms with Crippen molar-refractivity contribution in [3.63, 3.8) is 0 Å². The molecule has 2 saturated carbocycles. The highest BCUT2D eigenvalue weighted by Crippen LogP contribution is 2.31. The van der Waals surface area contributed by atoms with Gasteiger partial charge in [0.05, 0.1) is 0 Å². The number of halogens is 1. The molecule has 0 bridgehead atoms. The normalized spacial score (nSPS) is 25.9. The Kier molecular flexibility index (Phi) is 4.53. The summed E-state index contributed by atoms with van der Waals surface area (Å²) in [6.45, 7) is 0. The largest absolute Gasteiger partial charge is 0.376 e. The van der Waals surface area contributed by atoms with Crippen LogP contribution in [0.1, 0.15) is 64.2 Å². The summed E-state index contributed by atoms with van der Waals surface area (Å²) in [5.41, 5.74) is 0.346. The first-order valence-corrected chi connectivity index (χ1v) is 8.60. The van der Waals surface area contributed by atoms with Crippen LogP contribution >= 0.6 is 11.6 Å². The van der Waals surface area contributed by atoms with E-state index in [1.54, 1.807) is 0 Å². The molecule has 3 rings (SSSR count). The van der Waals surface area contributed by atoms with Crippen LogP contribution in [0.3, 0.4) is 0 Å². The summed E-state index contributed by atoms with van der Waals surface area (Å²) in [4.78, 5) is 26.4. The van der Waals surface area contributed by atoms with E-state index in [1.165, 1.54) is 30.6 Å². The maximum atomic E-state index is 12.6. The van der Waals surface area contributed by atoms with Crippen molar-refractivity contribution in [2.24, 2.45) is 0 Å². The number of amides is 2. The van der Waals surface area contributed by atoms with Crippen molar-refractivity contribution >= 4 is 23.4 Å². The number of hydrogen-bond donors (Lipinski definition) is 1. The second-order valence-corrected chi connectivity index (χ2v) is 6.82.